The topological polar surface area (TPSA) is 102 Å². The van der Waals surface area contributed by atoms with Crippen molar-refractivity contribution in [2.75, 3.05) is 43.6 Å². The van der Waals surface area contributed by atoms with E-state index < -0.39 is 25.6 Å². The Balaban J connectivity index is 1.62. The average Bonchev–Trinajstić information content (AvgIpc) is 2.80. The number of benzene rings is 1. The minimum absolute atomic E-state index is 0.00467. The Kier molecular flexibility index (Phi) is 9.58. The molecule has 3 rings (SSSR count). The van der Waals surface area contributed by atoms with Crippen molar-refractivity contribution >= 4 is 46.2 Å². The molecule has 1 atom stereocenters. The first kappa shape index (κ1) is 28.2. The zero-order valence-corrected chi connectivity index (χ0v) is 24.2. The van der Waals surface area contributed by atoms with E-state index in [1.54, 1.807) is 29.0 Å². The summed E-state index contributed by atoms with van der Waals surface area (Å²) >= 11 is -1.09. The van der Waals surface area contributed by atoms with Crippen LogP contribution in [0.15, 0.2) is 24.5 Å². The molecule has 2 aromatic rings. The van der Waals surface area contributed by atoms with Crippen LogP contribution in [0.1, 0.15) is 32.3 Å². The molecule has 0 saturated carbocycles. The van der Waals surface area contributed by atoms with Crippen LogP contribution in [0.4, 0.5) is 14.9 Å². The van der Waals surface area contributed by atoms with Gasteiger partial charge in [-0.05, 0) is 0 Å². The Morgan fingerprint density at radius 2 is 1.97 bits per heavy atom. The first-order valence-electron chi connectivity index (χ1n) is 11.8. The van der Waals surface area contributed by atoms with E-state index in [0.717, 1.165) is 10.0 Å². The van der Waals surface area contributed by atoms with Crippen molar-refractivity contribution in [1.82, 2.24) is 14.9 Å². The van der Waals surface area contributed by atoms with Gasteiger partial charge in [0.15, 0.2) is 0 Å². The quantitative estimate of drug-likeness (QED) is 0.405. The summed E-state index contributed by atoms with van der Waals surface area (Å²) in [5, 5.41) is 0. The molecule has 1 aliphatic heterocycles. The van der Waals surface area contributed by atoms with Gasteiger partial charge >= 0.3 is 219 Å². The van der Waals surface area contributed by atoms with Crippen LogP contribution in [0, 0.1) is 12.7 Å². The SMILES string of the molecule is Cc1c(OC2CCN(C(=O)OC(C)C)CC2)ncnc1[AsH]c1ccc(N(C)CCS(C)(=O)=O)cc1F. The van der Waals surface area contributed by atoms with Gasteiger partial charge in [0.2, 0.25) is 0 Å². The second-order valence-corrected chi connectivity index (χ2v) is 14.1. The molecule has 2 heterocycles. The monoisotopic (exact) mass is 584 g/mol. The number of hydrogen-bond donors (Lipinski definition) is 0. The molecular weight excluding hydrogens is 550 g/mol. The van der Waals surface area contributed by atoms with E-state index in [9.17, 15) is 17.6 Å². The van der Waals surface area contributed by atoms with Crippen LogP contribution in [0.3, 0.4) is 0 Å². The number of sulfone groups is 1. The molecule has 1 saturated heterocycles. The summed E-state index contributed by atoms with van der Waals surface area (Å²) in [7, 11) is -1.35. The van der Waals surface area contributed by atoms with Gasteiger partial charge in [0, 0.05) is 0 Å². The number of amides is 1. The molecule has 0 radical (unpaired) electrons. The number of piperidine rings is 1. The van der Waals surface area contributed by atoms with Gasteiger partial charge in [-0.15, -0.1) is 0 Å². The van der Waals surface area contributed by atoms with Gasteiger partial charge in [0.1, 0.15) is 0 Å². The molecule has 1 aromatic heterocycles. The Morgan fingerprint density at radius 1 is 1.28 bits per heavy atom. The third-order valence-electron chi connectivity index (χ3n) is 5.80. The Labute approximate surface area is 219 Å². The van der Waals surface area contributed by atoms with Crippen molar-refractivity contribution in [1.29, 1.82) is 0 Å². The number of rotatable bonds is 9. The fourth-order valence-electron chi connectivity index (χ4n) is 3.67. The first-order chi connectivity index (χ1) is 16.9. The van der Waals surface area contributed by atoms with E-state index in [1.807, 2.05) is 20.8 Å². The molecular formula is C24H34AsFN4O5S. The number of hydrogen-bond acceptors (Lipinski definition) is 8. The van der Waals surface area contributed by atoms with Gasteiger partial charge in [-0.1, -0.05) is 0 Å². The molecule has 198 valence electrons. The summed E-state index contributed by atoms with van der Waals surface area (Å²) in [5.74, 6) is 0.161. The van der Waals surface area contributed by atoms with E-state index in [2.05, 4.69) is 9.97 Å². The number of nitrogens with zero attached hydrogens (tertiary/aromatic N) is 4. The van der Waals surface area contributed by atoms with Gasteiger partial charge in [0.05, 0.1) is 0 Å². The fourth-order valence-corrected chi connectivity index (χ4v) is 6.44. The predicted octanol–water partition coefficient (Wildman–Crippen LogP) is 1.18. The van der Waals surface area contributed by atoms with Crippen LogP contribution in [0.25, 0.3) is 0 Å². The molecule has 1 aliphatic rings. The van der Waals surface area contributed by atoms with Crippen molar-refractivity contribution in [3.8, 4) is 5.88 Å². The summed E-state index contributed by atoms with van der Waals surface area (Å²) in [4.78, 5) is 24.2. The zero-order chi connectivity index (χ0) is 26.5. The molecule has 1 unspecified atom stereocenters. The third-order valence-corrected chi connectivity index (χ3v) is 9.69. The van der Waals surface area contributed by atoms with Crippen molar-refractivity contribution in [3.05, 3.63) is 35.9 Å². The standard InChI is InChI=1S/C24H34AsFN4O5S/c1-16(2)34-24(31)30-10-8-19(9-11-30)35-23-17(3)22(27-15-28-23)25-20-7-6-18(14-21(20)26)29(4)12-13-36(5,32)33/h6-7,14-16,19,25H,8-13H2,1-5H3. The molecule has 36 heavy (non-hydrogen) atoms. The molecule has 1 fully saturated rings. The van der Waals surface area contributed by atoms with Crippen molar-refractivity contribution in [3.63, 3.8) is 0 Å². The molecule has 1 aromatic carbocycles. The number of likely N-dealkylation sites (tertiary alicyclic amines) is 1. The number of anilines is 1. The van der Waals surface area contributed by atoms with E-state index in [1.165, 1.54) is 18.6 Å². The Morgan fingerprint density at radius 3 is 2.58 bits per heavy atom. The average molecular weight is 585 g/mol. The molecule has 1 amide bonds. The third kappa shape index (κ3) is 8.06. The molecule has 9 nitrogen and oxygen atoms in total. The van der Waals surface area contributed by atoms with Crippen molar-refractivity contribution in [2.24, 2.45) is 0 Å². The fraction of sp³-hybridized carbons (Fsp3) is 0.542. The Bertz CT molecular complexity index is 1170. The maximum absolute atomic E-state index is 14.9. The summed E-state index contributed by atoms with van der Waals surface area (Å²) in [6.07, 6.45) is 3.44. The first-order valence-corrected chi connectivity index (χ1v) is 16.0. The number of aromatic nitrogens is 2. The van der Waals surface area contributed by atoms with Crippen LogP contribution >= 0.6 is 0 Å². The van der Waals surface area contributed by atoms with Crippen LogP contribution in [0.5, 0.6) is 5.88 Å². The van der Waals surface area contributed by atoms with Crippen LogP contribution in [-0.4, -0.2) is 96.0 Å². The second kappa shape index (κ2) is 12.2. The molecule has 0 bridgehead atoms. The summed E-state index contributed by atoms with van der Waals surface area (Å²) < 4.78 is 50.5. The van der Waals surface area contributed by atoms with Crippen LogP contribution in [-0.2, 0) is 14.6 Å². The second-order valence-electron chi connectivity index (χ2n) is 9.23. The summed E-state index contributed by atoms with van der Waals surface area (Å²) in [6.45, 7) is 6.93. The van der Waals surface area contributed by atoms with E-state index in [-0.39, 0.29) is 36.4 Å². The molecule has 0 N–H and O–H groups in total. The van der Waals surface area contributed by atoms with Crippen molar-refractivity contribution in [2.45, 2.75) is 45.8 Å². The number of carbonyl (C=O) groups excluding carboxylic acids is 1. The number of ether oxygens (including phenoxy) is 2. The predicted molar refractivity (Wildman–Crippen MR) is 139 cm³/mol. The van der Waals surface area contributed by atoms with Crippen LogP contribution < -0.4 is 18.5 Å². The minimum atomic E-state index is -3.10. The number of carbonyl (C=O) groups is 1. The van der Waals surface area contributed by atoms with Gasteiger partial charge in [-0.3, -0.25) is 0 Å². The van der Waals surface area contributed by atoms with Gasteiger partial charge in [0.25, 0.3) is 0 Å². The molecule has 0 aliphatic carbocycles. The van der Waals surface area contributed by atoms with Gasteiger partial charge < -0.3 is 0 Å². The molecule has 0 spiro atoms. The normalized spacial score (nSPS) is 15.0. The Hall–Kier alpha value is -2.39. The van der Waals surface area contributed by atoms with Gasteiger partial charge in [-0.25, -0.2) is 0 Å². The van der Waals surface area contributed by atoms with E-state index in [4.69, 9.17) is 9.47 Å². The molecule has 12 heteroatoms. The van der Waals surface area contributed by atoms with E-state index >= 15 is 0 Å². The maximum atomic E-state index is 14.9. The number of halogens is 1. The van der Waals surface area contributed by atoms with Crippen molar-refractivity contribution < 1.29 is 27.1 Å². The van der Waals surface area contributed by atoms with Crippen LogP contribution in [0.2, 0.25) is 0 Å². The van der Waals surface area contributed by atoms with E-state index in [0.29, 0.717) is 41.8 Å². The summed E-state index contributed by atoms with van der Waals surface area (Å²) in [5.41, 5.74) is 1.42. The summed E-state index contributed by atoms with van der Waals surface area (Å²) in [6, 6.07) is 4.99. The zero-order valence-electron chi connectivity index (χ0n) is 21.3. The van der Waals surface area contributed by atoms with Gasteiger partial charge in [-0.2, -0.15) is 0 Å².